The van der Waals surface area contributed by atoms with Crippen molar-refractivity contribution in [2.45, 2.75) is 38.5 Å². The van der Waals surface area contributed by atoms with Crippen LogP contribution in [0.5, 0.6) is 0 Å². The van der Waals surface area contributed by atoms with E-state index in [1.54, 1.807) is 17.6 Å². The number of amides is 1. The molecule has 1 fully saturated rings. The molecule has 1 aromatic heterocycles. The Morgan fingerprint density at radius 1 is 1.26 bits per heavy atom. The number of rotatable bonds is 4. The fourth-order valence-corrected chi connectivity index (χ4v) is 3.30. The molecule has 4 heteroatoms. The van der Waals surface area contributed by atoms with Crippen molar-refractivity contribution < 1.29 is 4.79 Å². The van der Waals surface area contributed by atoms with Crippen LogP contribution in [-0.4, -0.2) is 12.1 Å². The molecule has 2 atom stereocenters. The fraction of sp³-hybridized carbons (Fsp3) is 0.368. The van der Waals surface area contributed by atoms with Crippen LogP contribution in [-0.2, 0) is 10.2 Å². The Morgan fingerprint density at radius 2 is 2.00 bits per heavy atom. The molecule has 1 amide bonds. The third kappa shape index (κ3) is 3.88. The lowest BCUT2D eigenvalue weighted by Crippen LogP contribution is -2.20. The minimum atomic E-state index is 0.0152. The van der Waals surface area contributed by atoms with Crippen LogP contribution in [0.2, 0.25) is 0 Å². The molecule has 2 aromatic rings. The first kappa shape index (κ1) is 15.9. The summed E-state index contributed by atoms with van der Waals surface area (Å²) in [4.78, 5) is 12.1. The SMILES string of the molecule is CC(C)(C)c1ccc([C@H]2C[C@H]2C(=O)N/N=C\c2ccsc2)cc1. The average Bonchev–Trinajstić information content (AvgIpc) is 3.15. The van der Waals surface area contributed by atoms with Gasteiger partial charge in [-0.25, -0.2) is 5.43 Å². The van der Waals surface area contributed by atoms with Gasteiger partial charge in [0, 0.05) is 11.5 Å². The maximum atomic E-state index is 12.1. The Labute approximate surface area is 141 Å². The van der Waals surface area contributed by atoms with Crippen LogP contribution in [0, 0.1) is 5.92 Å². The summed E-state index contributed by atoms with van der Waals surface area (Å²) < 4.78 is 0. The lowest BCUT2D eigenvalue weighted by molar-refractivity contribution is -0.122. The average molecular weight is 326 g/mol. The molecule has 0 aliphatic heterocycles. The van der Waals surface area contributed by atoms with Crippen molar-refractivity contribution in [3.05, 3.63) is 57.8 Å². The summed E-state index contributed by atoms with van der Waals surface area (Å²) in [5, 5.41) is 8.01. The number of nitrogens with one attached hydrogen (secondary N) is 1. The van der Waals surface area contributed by atoms with E-state index < -0.39 is 0 Å². The minimum absolute atomic E-state index is 0.0152. The molecule has 120 valence electrons. The van der Waals surface area contributed by atoms with E-state index in [1.807, 2.05) is 16.8 Å². The lowest BCUT2D eigenvalue weighted by Gasteiger charge is -2.19. The highest BCUT2D eigenvalue weighted by atomic mass is 32.1. The normalized spacial score (nSPS) is 20.7. The molecule has 1 aromatic carbocycles. The van der Waals surface area contributed by atoms with Gasteiger partial charge in [0.1, 0.15) is 0 Å². The van der Waals surface area contributed by atoms with Crippen LogP contribution in [0.15, 0.2) is 46.2 Å². The maximum Gasteiger partial charge on any atom is 0.243 e. The lowest BCUT2D eigenvalue weighted by atomic mass is 9.86. The van der Waals surface area contributed by atoms with E-state index in [2.05, 4.69) is 55.6 Å². The molecule has 0 radical (unpaired) electrons. The van der Waals surface area contributed by atoms with E-state index in [9.17, 15) is 4.79 Å². The molecule has 1 saturated carbocycles. The molecule has 1 heterocycles. The van der Waals surface area contributed by atoms with Gasteiger partial charge in [-0.2, -0.15) is 16.4 Å². The number of hydrazone groups is 1. The molecule has 1 N–H and O–H groups in total. The van der Waals surface area contributed by atoms with Crippen molar-refractivity contribution in [2.24, 2.45) is 11.0 Å². The van der Waals surface area contributed by atoms with Crippen molar-refractivity contribution in [3.63, 3.8) is 0 Å². The van der Waals surface area contributed by atoms with Crippen LogP contribution in [0.3, 0.4) is 0 Å². The van der Waals surface area contributed by atoms with E-state index in [4.69, 9.17) is 0 Å². The molecule has 1 aliphatic carbocycles. The molecule has 23 heavy (non-hydrogen) atoms. The molecule has 3 nitrogen and oxygen atoms in total. The molecule has 0 spiro atoms. The second-order valence-corrected chi connectivity index (χ2v) is 7.89. The Bertz CT molecular complexity index is 696. The zero-order valence-electron chi connectivity index (χ0n) is 13.7. The van der Waals surface area contributed by atoms with E-state index in [-0.39, 0.29) is 17.2 Å². The summed E-state index contributed by atoms with van der Waals surface area (Å²) in [7, 11) is 0. The van der Waals surface area contributed by atoms with Gasteiger partial charge in [0.05, 0.1) is 6.21 Å². The summed E-state index contributed by atoms with van der Waals surface area (Å²) in [5.41, 5.74) is 6.40. The summed E-state index contributed by atoms with van der Waals surface area (Å²) >= 11 is 1.61. The Balaban J connectivity index is 1.55. The van der Waals surface area contributed by atoms with Gasteiger partial charge in [-0.3, -0.25) is 4.79 Å². The topological polar surface area (TPSA) is 41.5 Å². The number of nitrogens with zero attached hydrogens (tertiary/aromatic N) is 1. The van der Waals surface area contributed by atoms with Gasteiger partial charge < -0.3 is 0 Å². The smallest absolute Gasteiger partial charge is 0.243 e. The van der Waals surface area contributed by atoms with Gasteiger partial charge in [-0.1, -0.05) is 45.0 Å². The summed E-state index contributed by atoms with van der Waals surface area (Å²) in [6, 6.07) is 10.6. The van der Waals surface area contributed by atoms with E-state index >= 15 is 0 Å². The van der Waals surface area contributed by atoms with Crippen molar-refractivity contribution in [1.82, 2.24) is 5.43 Å². The first-order valence-electron chi connectivity index (χ1n) is 7.91. The highest BCUT2D eigenvalue weighted by Crippen LogP contribution is 2.47. The highest BCUT2D eigenvalue weighted by Gasteiger charge is 2.43. The van der Waals surface area contributed by atoms with Crippen LogP contribution in [0.25, 0.3) is 0 Å². The number of benzene rings is 1. The predicted molar refractivity (Wildman–Crippen MR) is 96.0 cm³/mol. The van der Waals surface area contributed by atoms with Crippen molar-refractivity contribution in [2.75, 3.05) is 0 Å². The second kappa shape index (κ2) is 6.28. The first-order chi connectivity index (χ1) is 10.9. The molecule has 3 rings (SSSR count). The first-order valence-corrected chi connectivity index (χ1v) is 8.85. The van der Waals surface area contributed by atoms with Gasteiger partial charge >= 0.3 is 0 Å². The Kier molecular flexibility index (Phi) is 4.35. The number of hydrogen-bond acceptors (Lipinski definition) is 3. The van der Waals surface area contributed by atoms with Gasteiger partial charge in [-0.05, 0) is 45.7 Å². The van der Waals surface area contributed by atoms with Gasteiger partial charge in [0.15, 0.2) is 0 Å². The third-order valence-corrected chi connectivity index (χ3v) is 4.97. The number of carbonyl (C=O) groups excluding carboxylic acids is 1. The van der Waals surface area contributed by atoms with Gasteiger partial charge in [0.2, 0.25) is 5.91 Å². The number of thiophene rings is 1. The Morgan fingerprint density at radius 3 is 2.61 bits per heavy atom. The highest BCUT2D eigenvalue weighted by molar-refractivity contribution is 7.08. The zero-order valence-corrected chi connectivity index (χ0v) is 14.6. The van der Waals surface area contributed by atoms with Crippen molar-refractivity contribution in [1.29, 1.82) is 0 Å². The summed E-state index contributed by atoms with van der Waals surface area (Å²) in [5.74, 6) is 0.400. The number of hydrogen-bond donors (Lipinski definition) is 1. The van der Waals surface area contributed by atoms with Crippen molar-refractivity contribution >= 4 is 23.5 Å². The van der Waals surface area contributed by atoms with E-state index in [1.165, 1.54) is 11.1 Å². The van der Waals surface area contributed by atoms with E-state index in [0.29, 0.717) is 5.92 Å². The molecular weight excluding hydrogens is 304 g/mol. The number of carbonyl (C=O) groups is 1. The second-order valence-electron chi connectivity index (χ2n) is 7.11. The van der Waals surface area contributed by atoms with Crippen LogP contribution in [0.4, 0.5) is 0 Å². The molecule has 0 bridgehead atoms. The van der Waals surface area contributed by atoms with Gasteiger partial charge in [-0.15, -0.1) is 0 Å². The monoisotopic (exact) mass is 326 g/mol. The third-order valence-electron chi connectivity index (χ3n) is 4.26. The minimum Gasteiger partial charge on any atom is -0.273 e. The van der Waals surface area contributed by atoms with E-state index in [0.717, 1.165) is 12.0 Å². The zero-order chi connectivity index (χ0) is 16.4. The van der Waals surface area contributed by atoms with Crippen molar-refractivity contribution in [3.8, 4) is 0 Å². The predicted octanol–water partition coefficient (Wildman–Crippen LogP) is 4.30. The molecule has 0 saturated heterocycles. The van der Waals surface area contributed by atoms with Crippen LogP contribution < -0.4 is 5.43 Å². The van der Waals surface area contributed by atoms with Crippen LogP contribution in [0.1, 0.15) is 49.8 Å². The largest absolute Gasteiger partial charge is 0.273 e. The standard InChI is InChI=1S/C19H22N2OS/c1-19(2,3)15-6-4-14(5-7-15)16-10-17(16)18(22)21-20-11-13-8-9-23-12-13/h4-9,11-12,16-17H,10H2,1-3H3,(H,21,22)/b20-11-/t16-,17-/m1/s1. The Hall–Kier alpha value is -1.94. The molecule has 1 aliphatic rings. The molecule has 0 unspecified atom stereocenters. The maximum absolute atomic E-state index is 12.1. The quantitative estimate of drug-likeness (QED) is 0.660. The summed E-state index contributed by atoms with van der Waals surface area (Å²) in [6.07, 6.45) is 2.60. The fourth-order valence-electron chi connectivity index (χ4n) is 2.69. The summed E-state index contributed by atoms with van der Waals surface area (Å²) in [6.45, 7) is 6.63. The van der Waals surface area contributed by atoms with Crippen LogP contribution >= 0.6 is 11.3 Å². The molecular formula is C19H22N2OS. The van der Waals surface area contributed by atoms with Gasteiger partial charge in [0.25, 0.3) is 0 Å².